The molecule has 0 bridgehead atoms. The molecular formula is C18H16ClFN4O. The monoisotopic (exact) mass is 358 g/mol. The van der Waals surface area contributed by atoms with Crippen LogP contribution < -0.4 is 10.1 Å². The normalized spacial score (nSPS) is 19.2. The number of aromatic nitrogens is 3. The smallest absolute Gasteiger partial charge is 0.222 e. The van der Waals surface area contributed by atoms with Gasteiger partial charge in [-0.25, -0.2) is 9.07 Å². The van der Waals surface area contributed by atoms with Crippen molar-refractivity contribution in [1.82, 2.24) is 14.8 Å². The van der Waals surface area contributed by atoms with E-state index in [9.17, 15) is 4.39 Å². The number of halogens is 2. The van der Waals surface area contributed by atoms with Crippen LogP contribution in [0.15, 0.2) is 48.8 Å². The lowest BCUT2D eigenvalue weighted by Gasteiger charge is -2.32. The van der Waals surface area contributed by atoms with Crippen molar-refractivity contribution in [2.45, 2.75) is 18.5 Å². The Morgan fingerprint density at radius 2 is 2.12 bits per heavy atom. The van der Waals surface area contributed by atoms with E-state index < -0.39 is 0 Å². The van der Waals surface area contributed by atoms with E-state index in [4.69, 9.17) is 16.3 Å². The first-order valence-electron chi connectivity index (χ1n) is 7.91. The van der Waals surface area contributed by atoms with Crippen LogP contribution in [-0.4, -0.2) is 21.9 Å². The largest absolute Gasteiger partial charge is 0.497 e. The average Bonchev–Trinajstić information content (AvgIpc) is 3.10. The summed E-state index contributed by atoms with van der Waals surface area (Å²) in [5.41, 5.74) is 1.47. The van der Waals surface area contributed by atoms with Gasteiger partial charge in [-0.2, -0.15) is 10.1 Å². The Labute approximate surface area is 149 Å². The minimum Gasteiger partial charge on any atom is -0.497 e. The van der Waals surface area contributed by atoms with Gasteiger partial charge in [-0.3, -0.25) is 0 Å². The van der Waals surface area contributed by atoms with Gasteiger partial charge in [-0.15, -0.1) is 0 Å². The highest BCUT2D eigenvalue weighted by Crippen LogP contribution is 2.40. The van der Waals surface area contributed by atoms with Gasteiger partial charge >= 0.3 is 0 Å². The second kappa shape index (κ2) is 6.37. The molecule has 0 radical (unpaired) electrons. The zero-order chi connectivity index (χ0) is 17.4. The van der Waals surface area contributed by atoms with Crippen molar-refractivity contribution in [2.24, 2.45) is 0 Å². The molecule has 1 aliphatic rings. The van der Waals surface area contributed by atoms with Crippen LogP contribution in [0.2, 0.25) is 5.02 Å². The summed E-state index contributed by atoms with van der Waals surface area (Å²) in [6, 6.07) is 12.1. The molecule has 0 aliphatic carbocycles. The fraction of sp³-hybridized carbons (Fsp3) is 0.222. The first-order valence-corrected chi connectivity index (χ1v) is 8.29. The van der Waals surface area contributed by atoms with E-state index in [0.29, 0.717) is 23.0 Å². The van der Waals surface area contributed by atoms with Crippen molar-refractivity contribution in [2.75, 3.05) is 12.4 Å². The second-order valence-electron chi connectivity index (χ2n) is 5.89. The standard InChI is InChI=1S/C18H16ClFN4O/c1-25-12-5-2-4-11(8-12)15-9-16(24-18(23-15)21-10-22-24)17-13(19)6-3-7-14(17)20/h2-8,10,15-16H,9H2,1H3,(H,21,22,23)/t15-,16+/m0/s1. The van der Waals surface area contributed by atoms with Crippen molar-refractivity contribution in [3.05, 3.63) is 70.8 Å². The molecule has 0 saturated heterocycles. The molecule has 128 valence electrons. The Kier molecular flexibility index (Phi) is 4.05. The molecule has 2 aromatic carbocycles. The van der Waals surface area contributed by atoms with Crippen LogP contribution in [0.3, 0.4) is 0 Å². The number of ether oxygens (including phenoxy) is 1. The van der Waals surface area contributed by atoms with Gasteiger partial charge < -0.3 is 10.1 Å². The van der Waals surface area contributed by atoms with E-state index in [1.54, 1.807) is 23.9 Å². The van der Waals surface area contributed by atoms with Crippen LogP contribution in [0, 0.1) is 5.82 Å². The summed E-state index contributed by atoms with van der Waals surface area (Å²) in [5, 5.41) is 7.99. The number of fused-ring (bicyclic) bond motifs is 1. The maximum atomic E-state index is 14.5. The number of methoxy groups -OCH3 is 1. The lowest BCUT2D eigenvalue weighted by molar-refractivity contribution is 0.406. The minimum atomic E-state index is -0.344. The Bertz CT molecular complexity index is 893. The molecule has 1 aliphatic heterocycles. The molecular weight excluding hydrogens is 343 g/mol. The van der Waals surface area contributed by atoms with Crippen molar-refractivity contribution in [1.29, 1.82) is 0 Å². The van der Waals surface area contributed by atoms with Crippen LogP contribution in [0.4, 0.5) is 10.3 Å². The summed E-state index contributed by atoms with van der Waals surface area (Å²) in [7, 11) is 1.63. The first-order chi connectivity index (χ1) is 12.2. The van der Waals surface area contributed by atoms with Gasteiger partial charge in [0, 0.05) is 10.6 Å². The van der Waals surface area contributed by atoms with Crippen LogP contribution in [-0.2, 0) is 0 Å². The molecule has 1 N–H and O–H groups in total. The summed E-state index contributed by atoms with van der Waals surface area (Å²) < 4.78 is 21.5. The molecule has 0 fully saturated rings. The summed E-state index contributed by atoms with van der Waals surface area (Å²) in [4.78, 5) is 4.25. The zero-order valence-corrected chi connectivity index (χ0v) is 14.2. The Morgan fingerprint density at radius 3 is 2.92 bits per heavy atom. The molecule has 25 heavy (non-hydrogen) atoms. The molecule has 2 heterocycles. The van der Waals surface area contributed by atoms with Crippen LogP contribution >= 0.6 is 11.6 Å². The van der Waals surface area contributed by atoms with E-state index in [0.717, 1.165) is 11.3 Å². The van der Waals surface area contributed by atoms with Gasteiger partial charge in [0.05, 0.1) is 19.2 Å². The SMILES string of the molecule is COc1cccc([C@@H]2C[C@H](c3c(F)cccc3Cl)n3ncnc3N2)c1. The lowest BCUT2D eigenvalue weighted by Crippen LogP contribution is -2.28. The van der Waals surface area contributed by atoms with Crippen LogP contribution in [0.25, 0.3) is 0 Å². The molecule has 1 aromatic heterocycles. The molecule has 5 nitrogen and oxygen atoms in total. The third-order valence-corrected chi connectivity index (χ3v) is 4.79. The van der Waals surface area contributed by atoms with Gasteiger partial charge in [-0.1, -0.05) is 29.8 Å². The number of nitrogens with one attached hydrogen (secondary N) is 1. The second-order valence-corrected chi connectivity index (χ2v) is 6.30. The molecule has 4 rings (SSSR count). The van der Waals surface area contributed by atoms with Crippen molar-refractivity contribution < 1.29 is 9.13 Å². The molecule has 0 saturated carbocycles. The highest BCUT2D eigenvalue weighted by molar-refractivity contribution is 6.31. The fourth-order valence-electron chi connectivity index (χ4n) is 3.27. The van der Waals surface area contributed by atoms with E-state index in [-0.39, 0.29) is 17.9 Å². The molecule has 0 amide bonds. The van der Waals surface area contributed by atoms with Gasteiger partial charge in [0.25, 0.3) is 0 Å². The highest BCUT2D eigenvalue weighted by Gasteiger charge is 2.32. The van der Waals surface area contributed by atoms with E-state index in [2.05, 4.69) is 15.4 Å². The highest BCUT2D eigenvalue weighted by atomic mass is 35.5. The third kappa shape index (κ3) is 2.82. The summed E-state index contributed by atoms with van der Waals surface area (Å²) in [6.07, 6.45) is 2.04. The van der Waals surface area contributed by atoms with Crippen LogP contribution in [0.1, 0.15) is 29.6 Å². The van der Waals surface area contributed by atoms with E-state index >= 15 is 0 Å². The number of hydrogen-bond acceptors (Lipinski definition) is 4. The third-order valence-electron chi connectivity index (χ3n) is 4.46. The molecule has 3 aromatic rings. The van der Waals surface area contributed by atoms with Crippen molar-refractivity contribution in [3.63, 3.8) is 0 Å². The topological polar surface area (TPSA) is 52.0 Å². The maximum absolute atomic E-state index is 14.5. The van der Waals surface area contributed by atoms with Gasteiger partial charge in [-0.05, 0) is 36.2 Å². The quantitative estimate of drug-likeness (QED) is 0.761. The summed E-state index contributed by atoms with van der Waals surface area (Å²) in [6.45, 7) is 0. The van der Waals surface area contributed by atoms with Gasteiger partial charge in [0.15, 0.2) is 0 Å². The molecule has 0 unspecified atom stereocenters. The average molecular weight is 359 g/mol. The Hall–Kier alpha value is -2.60. The Morgan fingerprint density at radius 1 is 1.28 bits per heavy atom. The zero-order valence-electron chi connectivity index (χ0n) is 13.5. The predicted octanol–water partition coefficient (Wildman–Crippen LogP) is 4.23. The molecule has 0 spiro atoms. The molecule has 2 atom stereocenters. The molecule has 7 heteroatoms. The van der Waals surface area contributed by atoms with Gasteiger partial charge in [0.1, 0.15) is 17.9 Å². The van der Waals surface area contributed by atoms with E-state index in [1.807, 2.05) is 24.3 Å². The van der Waals surface area contributed by atoms with E-state index in [1.165, 1.54) is 12.4 Å². The number of rotatable bonds is 3. The first kappa shape index (κ1) is 15.9. The lowest BCUT2D eigenvalue weighted by atomic mass is 9.93. The maximum Gasteiger partial charge on any atom is 0.222 e. The predicted molar refractivity (Wildman–Crippen MR) is 93.5 cm³/mol. The van der Waals surface area contributed by atoms with Crippen molar-refractivity contribution in [3.8, 4) is 5.75 Å². The summed E-state index contributed by atoms with van der Waals surface area (Å²) >= 11 is 6.30. The van der Waals surface area contributed by atoms with Crippen LogP contribution in [0.5, 0.6) is 5.75 Å². The fourth-order valence-corrected chi connectivity index (χ4v) is 3.56. The minimum absolute atomic E-state index is 0.0625. The van der Waals surface area contributed by atoms with Gasteiger partial charge in [0.2, 0.25) is 5.95 Å². The summed E-state index contributed by atoms with van der Waals surface area (Å²) in [5.74, 6) is 1.01. The number of anilines is 1. The number of benzene rings is 2. The van der Waals surface area contributed by atoms with Crippen molar-refractivity contribution >= 4 is 17.5 Å². The Balaban J connectivity index is 1.78. The number of nitrogens with zero attached hydrogens (tertiary/aromatic N) is 3. The number of hydrogen-bond donors (Lipinski definition) is 1.